The Kier molecular flexibility index (Phi) is 5.80. The van der Waals surface area contributed by atoms with Crippen molar-refractivity contribution in [2.75, 3.05) is 13.2 Å². The van der Waals surface area contributed by atoms with Gasteiger partial charge in [0.05, 0.1) is 0 Å². The molecule has 0 atom stereocenters. The number of aryl methyl sites for hydroxylation is 1. The van der Waals surface area contributed by atoms with Crippen LogP contribution in [0.4, 0.5) is 4.79 Å². The number of benzene rings is 2. The van der Waals surface area contributed by atoms with Gasteiger partial charge in [-0.15, -0.1) is 0 Å². The van der Waals surface area contributed by atoms with Crippen molar-refractivity contribution in [3.05, 3.63) is 99.5 Å². The van der Waals surface area contributed by atoms with Crippen molar-refractivity contribution in [1.82, 2.24) is 10.3 Å². The van der Waals surface area contributed by atoms with Crippen LogP contribution in [0.1, 0.15) is 34.6 Å². The van der Waals surface area contributed by atoms with Crippen LogP contribution >= 0.6 is 0 Å². The molecule has 1 aliphatic rings. The van der Waals surface area contributed by atoms with E-state index < -0.39 is 6.09 Å². The van der Waals surface area contributed by atoms with Crippen LogP contribution in [-0.2, 0) is 4.74 Å². The van der Waals surface area contributed by atoms with E-state index in [0.29, 0.717) is 19.6 Å². The zero-order valence-electron chi connectivity index (χ0n) is 16.9. The maximum absolute atomic E-state index is 12.2. The molecule has 0 saturated heterocycles. The minimum absolute atomic E-state index is 0.0613. The molecule has 2 N–H and O–H groups in total. The molecule has 2 aromatic carbocycles. The van der Waals surface area contributed by atoms with E-state index >= 15 is 0 Å². The number of aromatic amines is 1. The van der Waals surface area contributed by atoms with Gasteiger partial charge in [-0.3, -0.25) is 4.79 Å². The fourth-order valence-corrected chi connectivity index (χ4v) is 3.88. The number of carbonyl (C=O) groups is 1. The molecule has 0 radical (unpaired) electrons. The van der Waals surface area contributed by atoms with Crippen LogP contribution in [0.5, 0.6) is 0 Å². The van der Waals surface area contributed by atoms with E-state index in [4.69, 9.17) is 4.74 Å². The summed E-state index contributed by atoms with van der Waals surface area (Å²) in [6.07, 6.45) is 5.84. The van der Waals surface area contributed by atoms with Crippen molar-refractivity contribution in [2.45, 2.75) is 19.3 Å². The minimum Gasteiger partial charge on any atom is -0.449 e. The highest BCUT2D eigenvalue weighted by Crippen LogP contribution is 2.44. The summed E-state index contributed by atoms with van der Waals surface area (Å²) >= 11 is 0. The fourth-order valence-electron chi connectivity index (χ4n) is 3.88. The average Bonchev–Trinajstić information content (AvgIpc) is 3.07. The van der Waals surface area contributed by atoms with Crippen molar-refractivity contribution >= 4 is 12.2 Å². The number of amides is 1. The van der Waals surface area contributed by atoms with Crippen molar-refractivity contribution in [3.8, 4) is 11.1 Å². The van der Waals surface area contributed by atoms with Crippen LogP contribution in [0.25, 0.3) is 17.2 Å². The molecule has 152 valence electrons. The molecular weight excluding hydrogens is 376 g/mol. The van der Waals surface area contributed by atoms with Gasteiger partial charge in [0.15, 0.2) is 0 Å². The van der Waals surface area contributed by atoms with Crippen LogP contribution in [0, 0.1) is 6.92 Å². The Morgan fingerprint density at radius 1 is 1.10 bits per heavy atom. The van der Waals surface area contributed by atoms with Crippen LogP contribution in [0.2, 0.25) is 0 Å². The first kappa shape index (κ1) is 19.7. The normalized spacial score (nSPS) is 12.6. The van der Waals surface area contributed by atoms with E-state index in [1.165, 1.54) is 22.3 Å². The van der Waals surface area contributed by atoms with Gasteiger partial charge in [0.2, 0.25) is 5.56 Å². The van der Waals surface area contributed by atoms with Gasteiger partial charge in [0, 0.05) is 24.7 Å². The number of rotatable bonds is 6. The van der Waals surface area contributed by atoms with E-state index in [1.54, 1.807) is 12.3 Å². The maximum Gasteiger partial charge on any atom is 0.407 e. The van der Waals surface area contributed by atoms with Crippen molar-refractivity contribution < 1.29 is 9.53 Å². The highest BCUT2D eigenvalue weighted by Gasteiger charge is 2.28. The SMILES string of the molecule is Cc1cc(=O)[nH]cc1C=CCCNC(=O)OCC1c2ccccc2-c2ccccc21. The standard InChI is InChI=1S/C25H24N2O3/c1-17-14-24(28)27-15-18(17)8-6-7-13-26-25(29)30-16-23-21-11-4-2-9-19(21)20-10-3-5-12-22(20)23/h2-6,8-12,14-15,23H,7,13,16H2,1H3,(H,26,29)(H,27,28). The predicted molar refractivity (Wildman–Crippen MR) is 119 cm³/mol. The minimum atomic E-state index is -0.412. The second kappa shape index (κ2) is 8.82. The van der Waals surface area contributed by atoms with Crippen LogP contribution < -0.4 is 10.9 Å². The zero-order chi connectivity index (χ0) is 20.9. The number of alkyl carbamates (subject to hydrolysis) is 1. The van der Waals surface area contributed by atoms with Crippen molar-refractivity contribution in [1.29, 1.82) is 0 Å². The summed E-state index contributed by atoms with van der Waals surface area (Å²) in [5.74, 6) is 0.0613. The highest BCUT2D eigenvalue weighted by molar-refractivity contribution is 5.79. The number of hydrogen-bond donors (Lipinski definition) is 2. The number of H-pyrrole nitrogens is 1. The number of aromatic nitrogens is 1. The molecule has 1 amide bonds. The molecule has 0 saturated carbocycles. The molecule has 1 aromatic heterocycles. The first-order valence-electron chi connectivity index (χ1n) is 10.1. The average molecular weight is 400 g/mol. The number of pyridine rings is 1. The second-order valence-electron chi connectivity index (χ2n) is 7.38. The number of ether oxygens (including phenoxy) is 1. The molecule has 0 unspecified atom stereocenters. The molecule has 5 heteroatoms. The molecule has 0 spiro atoms. The monoisotopic (exact) mass is 400 g/mol. The molecule has 30 heavy (non-hydrogen) atoms. The molecular formula is C25H24N2O3. The first-order chi connectivity index (χ1) is 14.6. The van der Waals surface area contributed by atoms with Gasteiger partial charge in [-0.1, -0.05) is 60.7 Å². The predicted octanol–water partition coefficient (Wildman–Crippen LogP) is 4.63. The number of fused-ring (bicyclic) bond motifs is 3. The van der Waals surface area contributed by atoms with Gasteiger partial charge in [-0.25, -0.2) is 4.79 Å². The molecule has 0 bridgehead atoms. The van der Waals surface area contributed by atoms with E-state index in [1.807, 2.05) is 43.3 Å². The highest BCUT2D eigenvalue weighted by atomic mass is 16.5. The topological polar surface area (TPSA) is 71.2 Å². The lowest BCUT2D eigenvalue weighted by Gasteiger charge is -2.14. The van der Waals surface area contributed by atoms with E-state index in [9.17, 15) is 9.59 Å². The molecule has 0 aliphatic heterocycles. The number of carbonyl (C=O) groups excluding carboxylic acids is 1. The molecule has 3 aromatic rings. The Morgan fingerprint density at radius 3 is 2.43 bits per heavy atom. The van der Waals surface area contributed by atoms with Gasteiger partial charge >= 0.3 is 6.09 Å². The molecule has 1 aliphatic carbocycles. The van der Waals surface area contributed by atoms with Gasteiger partial charge in [-0.2, -0.15) is 0 Å². The summed E-state index contributed by atoms with van der Waals surface area (Å²) < 4.78 is 5.52. The molecule has 1 heterocycles. The number of nitrogens with one attached hydrogen (secondary N) is 2. The van der Waals surface area contributed by atoms with Crippen LogP contribution in [-0.4, -0.2) is 24.2 Å². The fraction of sp³-hybridized carbons (Fsp3) is 0.200. The summed E-state index contributed by atoms with van der Waals surface area (Å²) in [6, 6.07) is 18.1. The third kappa shape index (κ3) is 4.20. The Morgan fingerprint density at radius 2 is 1.77 bits per heavy atom. The Balaban J connectivity index is 1.28. The molecule has 4 rings (SSSR count). The lowest BCUT2D eigenvalue weighted by molar-refractivity contribution is 0.143. The summed E-state index contributed by atoms with van der Waals surface area (Å²) in [6.45, 7) is 2.69. The quantitative estimate of drug-likeness (QED) is 0.593. The first-order valence-corrected chi connectivity index (χ1v) is 10.1. The number of hydrogen-bond acceptors (Lipinski definition) is 3. The van der Waals surface area contributed by atoms with Gasteiger partial charge in [-0.05, 0) is 46.7 Å². The molecule has 0 fully saturated rings. The maximum atomic E-state index is 12.2. The summed E-state index contributed by atoms with van der Waals surface area (Å²) in [7, 11) is 0. The van der Waals surface area contributed by atoms with Gasteiger partial charge in [0.1, 0.15) is 6.61 Å². The third-order valence-electron chi connectivity index (χ3n) is 5.39. The molecule has 5 nitrogen and oxygen atoms in total. The van der Waals surface area contributed by atoms with Crippen LogP contribution in [0.15, 0.2) is 71.7 Å². The van der Waals surface area contributed by atoms with Gasteiger partial charge < -0.3 is 15.0 Å². The van der Waals surface area contributed by atoms with Gasteiger partial charge in [0.25, 0.3) is 0 Å². The Hall–Kier alpha value is -3.60. The smallest absolute Gasteiger partial charge is 0.407 e. The Labute approximate surface area is 175 Å². The van der Waals surface area contributed by atoms with Crippen LogP contribution in [0.3, 0.4) is 0 Å². The largest absolute Gasteiger partial charge is 0.449 e. The lowest BCUT2D eigenvalue weighted by atomic mass is 9.98. The van der Waals surface area contributed by atoms with E-state index in [0.717, 1.165) is 11.1 Å². The summed E-state index contributed by atoms with van der Waals surface area (Å²) in [5.41, 5.74) is 6.59. The summed E-state index contributed by atoms with van der Waals surface area (Å²) in [4.78, 5) is 26.1. The summed E-state index contributed by atoms with van der Waals surface area (Å²) in [5, 5.41) is 2.79. The van der Waals surface area contributed by atoms with E-state index in [2.05, 4.69) is 34.6 Å². The second-order valence-corrected chi connectivity index (χ2v) is 7.38. The Bertz CT molecular complexity index is 1100. The lowest BCUT2D eigenvalue weighted by Crippen LogP contribution is -2.26. The van der Waals surface area contributed by atoms with E-state index in [-0.39, 0.29) is 11.5 Å². The van der Waals surface area contributed by atoms with Crippen molar-refractivity contribution in [2.24, 2.45) is 0 Å². The third-order valence-corrected chi connectivity index (χ3v) is 5.39. The zero-order valence-corrected chi connectivity index (χ0v) is 16.9. The van der Waals surface area contributed by atoms with Crippen molar-refractivity contribution in [3.63, 3.8) is 0 Å².